The molecule has 2 aliphatic heterocycles. The van der Waals surface area contributed by atoms with Crippen molar-refractivity contribution in [3.63, 3.8) is 0 Å². The Bertz CT molecular complexity index is 443. The standard InChI is InChI=1S/C14H16F3NO/c15-14(16,17)9-1-3-10(4-2-9)18-11-5-6-12(18)8-13(19)7-11/h1-4,11-13,19H,5-8H2. The molecule has 0 aliphatic carbocycles. The lowest BCUT2D eigenvalue weighted by Crippen LogP contribution is -2.44. The summed E-state index contributed by atoms with van der Waals surface area (Å²) in [6.45, 7) is 0. The third-order valence-corrected chi connectivity index (χ3v) is 4.20. The highest BCUT2D eigenvalue weighted by Crippen LogP contribution is 2.40. The van der Waals surface area contributed by atoms with Crippen molar-refractivity contribution >= 4 is 5.69 Å². The summed E-state index contributed by atoms with van der Waals surface area (Å²) in [6.07, 6.45) is -1.07. The van der Waals surface area contributed by atoms with Gasteiger partial charge in [0, 0.05) is 17.8 Å². The van der Waals surface area contributed by atoms with Crippen LogP contribution in [0.1, 0.15) is 31.2 Å². The molecule has 2 nitrogen and oxygen atoms in total. The molecule has 104 valence electrons. The van der Waals surface area contributed by atoms with Crippen molar-refractivity contribution < 1.29 is 18.3 Å². The van der Waals surface area contributed by atoms with Gasteiger partial charge in [0.25, 0.3) is 0 Å². The van der Waals surface area contributed by atoms with Crippen LogP contribution in [0.5, 0.6) is 0 Å². The molecule has 1 aromatic carbocycles. The van der Waals surface area contributed by atoms with Crippen molar-refractivity contribution in [3.05, 3.63) is 29.8 Å². The van der Waals surface area contributed by atoms with E-state index in [9.17, 15) is 18.3 Å². The van der Waals surface area contributed by atoms with Crippen LogP contribution in [0.15, 0.2) is 24.3 Å². The first-order valence-electron chi connectivity index (χ1n) is 6.59. The first-order valence-corrected chi connectivity index (χ1v) is 6.59. The topological polar surface area (TPSA) is 23.5 Å². The van der Waals surface area contributed by atoms with E-state index in [-0.39, 0.29) is 18.2 Å². The van der Waals surface area contributed by atoms with E-state index in [2.05, 4.69) is 4.90 Å². The highest BCUT2D eigenvalue weighted by molar-refractivity contribution is 5.51. The van der Waals surface area contributed by atoms with Crippen LogP contribution >= 0.6 is 0 Å². The quantitative estimate of drug-likeness (QED) is 0.848. The number of aliphatic hydroxyl groups is 1. The van der Waals surface area contributed by atoms with E-state index in [0.29, 0.717) is 0 Å². The SMILES string of the molecule is OC1CC2CCC(C1)N2c1ccc(C(F)(F)F)cc1. The van der Waals surface area contributed by atoms with Crippen LogP contribution in [-0.4, -0.2) is 23.3 Å². The summed E-state index contributed by atoms with van der Waals surface area (Å²) < 4.78 is 37.6. The molecule has 0 radical (unpaired) electrons. The minimum absolute atomic E-state index is 0.261. The summed E-state index contributed by atoms with van der Waals surface area (Å²) in [5.74, 6) is 0. The van der Waals surface area contributed by atoms with Gasteiger partial charge in [0.2, 0.25) is 0 Å². The maximum atomic E-state index is 12.5. The second-order valence-electron chi connectivity index (χ2n) is 5.46. The smallest absolute Gasteiger partial charge is 0.393 e. The third kappa shape index (κ3) is 2.31. The highest BCUT2D eigenvalue weighted by Gasteiger charge is 2.40. The number of benzene rings is 1. The molecule has 5 heteroatoms. The first-order chi connectivity index (χ1) is 8.95. The average molecular weight is 271 g/mol. The minimum Gasteiger partial charge on any atom is -0.393 e. The lowest BCUT2D eigenvalue weighted by atomic mass is 9.99. The average Bonchev–Trinajstić information content (AvgIpc) is 2.61. The second kappa shape index (κ2) is 4.40. The molecule has 2 unspecified atom stereocenters. The number of nitrogens with zero attached hydrogens (tertiary/aromatic N) is 1. The summed E-state index contributed by atoms with van der Waals surface area (Å²) in [4.78, 5) is 2.19. The molecule has 1 N–H and O–H groups in total. The van der Waals surface area contributed by atoms with E-state index in [4.69, 9.17) is 0 Å². The van der Waals surface area contributed by atoms with Crippen LogP contribution in [0.3, 0.4) is 0 Å². The molecular formula is C14H16F3NO. The van der Waals surface area contributed by atoms with Crippen molar-refractivity contribution in [1.82, 2.24) is 0 Å². The molecule has 0 aromatic heterocycles. The van der Waals surface area contributed by atoms with E-state index in [1.54, 1.807) is 12.1 Å². The van der Waals surface area contributed by atoms with Gasteiger partial charge in [-0.3, -0.25) is 0 Å². The predicted octanol–water partition coefficient (Wildman–Crippen LogP) is 3.20. The maximum absolute atomic E-state index is 12.5. The fourth-order valence-corrected chi connectivity index (χ4v) is 3.39. The van der Waals surface area contributed by atoms with Gasteiger partial charge >= 0.3 is 6.18 Å². The number of alkyl halides is 3. The Morgan fingerprint density at radius 2 is 1.53 bits per heavy atom. The van der Waals surface area contributed by atoms with Crippen molar-refractivity contribution in [2.24, 2.45) is 0 Å². The summed E-state index contributed by atoms with van der Waals surface area (Å²) in [5, 5.41) is 9.73. The van der Waals surface area contributed by atoms with Gasteiger partial charge in [-0.1, -0.05) is 0 Å². The molecule has 2 heterocycles. The Kier molecular flexibility index (Phi) is 2.96. The van der Waals surface area contributed by atoms with Crippen LogP contribution in [0, 0.1) is 0 Å². The number of rotatable bonds is 1. The van der Waals surface area contributed by atoms with Gasteiger partial charge in [0.15, 0.2) is 0 Å². The fraction of sp³-hybridized carbons (Fsp3) is 0.571. The van der Waals surface area contributed by atoms with Gasteiger partial charge in [0.05, 0.1) is 11.7 Å². The van der Waals surface area contributed by atoms with Crippen LogP contribution in [0.25, 0.3) is 0 Å². The molecule has 3 rings (SSSR count). The first kappa shape index (κ1) is 12.8. The Labute approximate surface area is 109 Å². The number of halogens is 3. The summed E-state index contributed by atoms with van der Waals surface area (Å²) in [7, 11) is 0. The Balaban J connectivity index is 1.84. The van der Waals surface area contributed by atoms with E-state index < -0.39 is 11.7 Å². The van der Waals surface area contributed by atoms with Gasteiger partial charge in [-0.05, 0) is 49.9 Å². The summed E-state index contributed by atoms with van der Waals surface area (Å²) >= 11 is 0. The van der Waals surface area contributed by atoms with Crippen molar-refractivity contribution in [2.75, 3.05) is 4.90 Å². The predicted molar refractivity (Wildman–Crippen MR) is 66.0 cm³/mol. The molecule has 1 aromatic rings. The molecular weight excluding hydrogens is 255 g/mol. The second-order valence-corrected chi connectivity index (χ2v) is 5.46. The molecule has 0 amide bonds. The zero-order chi connectivity index (χ0) is 13.6. The fourth-order valence-electron chi connectivity index (χ4n) is 3.39. The summed E-state index contributed by atoms with van der Waals surface area (Å²) in [5.41, 5.74) is 0.230. The highest BCUT2D eigenvalue weighted by atomic mass is 19.4. The zero-order valence-electron chi connectivity index (χ0n) is 10.4. The van der Waals surface area contributed by atoms with Gasteiger partial charge in [-0.15, -0.1) is 0 Å². The molecule has 2 bridgehead atoms. The van der Waals surface area contributed by atoms with Gasteiger partial charge in [-0.25, -0.2) is 0 Å². The van der Waals surface area contributed by atoms with Crippen molar-refractivity contribution in [3.8, 4) is 0 Å². The third-order valence-electron chi connectivity index (χ3n) is 4.20. The van der Waals surface area contributed by atoms with Gasteiger partial charge < -0.3 is 10.0 Å². The van der Waals surface area contributed by atoms with Gasteiger partial charge in [0.1, 0.15) is 0 Å². The minimum atomic E-state index is -4.28. The lowest BCUT2D eigenvalue weighted by Gasteiger charge is -2.39. The van der Waals surface area contributed by atoms with Crippen LogP contribution in [0.4, 0.5) is 18.9 Å². The molecule has 2 atom stereocenters. The summed E-state index contributed by atoms with van der Waals surface area (Å²) in [6, 6.07) is 5.91. The van der Waals surface area contributed by atoms with Crippen LogP contribution < -0.4 is 4.90 Å². The molecule has 2 fully saturated rings. The molecule has 0 spiro atoms. The number of anilines is 1. The molecule has 0 saturated carbocycles. The van der Waals surface area contributed by atoms with E-state index in [1.807, 2.05) is 0 Å². The Morgan fingerprint density at radius 3 is 2.00 bits per heavy atom. The van der Waals surface area contributed by atoms with Gasteiger partial charge in [-0.2, -0.15) is 13.2 Å². The normalized spacial score (nSPS) is 30.7. The van der Waals surface area contributed by atoms with Crippen molar-refractivity contribution in [1.29, 1.82) is 0 Å². The zero-order valence-corrected chi connectivity index (χ0v) is 10.4. The van der Waals surface area contributed by atoms with Crippen LogP contribution in [-0.2, 0) is 6.18 Å². The van der Waals surface area contributed by atoms with E-state index in [0.717, 1.165) is 43.5 Å². The maximum Gasteiger partial charge on any atom is 0.416 e. The number of piperidine rings is 1. The van der Waals surface area contributed by atoms with E-state index in [1.165, 1.54) is 0 Å². The largest absolute Gasteiger partial charge is 0.416 e. The number of aliphatic hydroxyl groups excluding tert-OH is 1. The molecule has 19 heavy (non-hydrogen) atoms. The van der Waals surface area contributed by atoms with Crippen molar-refractivity contribution in [2.45, 2.75) is 50.0 Å². The Morgan fingerprint density at radius 1 is 1.00 bits per heavy atom. The van der Waals surface area contributed by atoms with E-state index >= 15 is 0 Å². The molecule has 2 aliphatic rings. The van der Waals surface area contributed by atoms with Crippen LogP contribution in [0.2, 0.25) is 0 Å². The monoisotopic (exact) mass is 271 g/mol. The number of fused-ring (bicyclic) bond motifs is 2. The number of hydrogen-bond donors (Lipinski definition) is 1. The number of hydrogen-bond acceptors (Lipinski definition) is 2. The molecule has 2 saturated heterocycles. The lowest BCUT2D eigenvalue weighted by molar-refractivity contribution is -0.137. The Hall–Kier alpha value is -1.23.